The van der Waals surface area contributed by atoms with Gasteiger partial charge in [0.2, 0.25) is 0 Å². The highest BCUT2D eigenvalue weighted by Gasteiger charge is 2.21. The standard InChI is InChI=1S/C18H20N6O2/c19-16(14-8-10-7-12(25)1-2-13(10)24-14)15-17(20)21-9-22-18(15)23-11-3-5-26-6-4-11/h1-2,7-9,11,19,24-25H,3-6H2,(H3,20,21,22,23). The highest BCUT2D eigenvalue weighted by molar-refractivity contribution is 6.16. The van der Waals surface area contributed by atoms with E-state index in [2.05, 4.69) is 20.3 Å². The predicted molar refractivity (Wildman–Crippen MR) is 99.8 cm³/mol. The number of hydrogen-bond acceptors (Lipinski definition) is 7. The third-order valence-corrected chi connectivity index (χ3v) is 4.56. The van der Waals surface area contributed by atoms with Crippen molar-refractivity contribution in [2.45, 2.75) is 18.9 Å². The van der Waals surface area contributed by atoms with Gasteiger partial charge in [0, 0.05) is 30.2 Å². The number of phenolic OH excluding ortho intramolecular Hbond substituents is 1. The summed E-state index contributed by atoms with van der Waals surface area (Å²) in [5, 5.41) is 22.5. The van der Waals surface area contributed by atoms with E-state index in [0.717, 1.165) is 23.7 Å². The Morgan fingerprint density at radius 2 is 2.08 bits per heavy atom. The second kappa shape index (κ2) is 6.64. The number of nitrogen functional groups attached to an aromatic ring is 1. The fraction of sp³-hybridized carbons (Fsp3) is 0.278. The minimum atomic E-state index is 0.180. The van der Waals surface area contributed by atoms with Gasteiger partial charge in [0.05, 0.1) is 17.0 Å². The lowest BCUT2D eigenvalue weighted by Gasteiger charge is -2.24. The summed E-state index contributed by atoms with van der Waals surface area (Å²) in [6.45, 7) is 1.41. The normalized spacial score (nSPS) is 15.2. The van der Waals surface area contributed by atoms with Crippen molar-refractivity contribution in [3.8, 4) is 5.75 Å². The van der Waals surface area contributed by atoms with Crippen LogP contribution in [0.5, 0.6) is 5.75 Å². The van der Waals surface area contributed by atoms with Gasteiger partial charge < -0.3 is 25.9 Å². The molecule has 0 amide bonds. The summed E-state index contributed by atoms with van der Waals surface area (Å²) in [5.74, 6) is 0.982. The van der Waals surface area contributed by atoms with Crippen molar-refractivity contribution in [2.75, 3.05) is 24.3 Å². The van der Waals surface area contributed by atoms with Crippen LogP contribution in [0.4, 0.5) is 11.6 Å². The van der Waals surface area contributed by atoms with Gasteiger partial charge in [-0.25, -0.2) is 9.97 Å². The van der Waals surface area contributed by atoms with E-state index < -0.39 is 0 Å². The maximum Gasteiger partial charge on any atom is 0.141 e. The smallest absolute Gasteiger partial charge is 0.141 e. The minimum absolute atomic E-state index is 0.180. The molecule has 0 bridgehead atoms. The van der Waals surface area contributed by atoms with Crippen LogP contribution in [0.1, 0.15) is 24.1 Å². The number of phenols is 1. The number of hydrogen-bond donors (Lipinski definition) is 5. The summed E-state index contributed by atoms with van der Waals surface area (Å²) >= 11 is 0. The summed E-state index contributed by atoms with van der Waals surface area (Å²) in [6.07, 6.45) is 3.15. The molecule has 1 aromatic carbocycles. The van der Waals surface area contributed by atoms with Gasteiger partial charge in [0.1, 0.15) is 23.7 Å². The average Bonchev–Trinajstić information content (AvgIpc) is 3.05. The van der Waals surface area contributed by atoms with Crippen LogP contribution in [0.25, 0.3) is 10.9 Å². The van der Waals surface area contributed by atoms with Crippen LogP contribution < -0.4 is 11.1 Å². The number of nitrogens with two attached hydrogens (primary N) is 1. The predicted octanol–water partition coefficient (Wildman–Crippen LogP) is 2.25. The number of fused-ring (bicyclic) bond motifs is 1. The number of H-pyrrole nitrogens is 1. The van der Waals surface area contributed by atoms with E-state index in [1.54, 1.807) is 18.2 Å². The monoisotopic (exact) mass is 352 g/mol. The molecule has 0 spiro atoms. The van der Waals surface area contributed by atoms with E-state index in [1.165, 1.54) is 6.33 Å². The molecule has 26 heavy (non-hydrogen) atoms. The molecule has 3 aromatic rings. The van der Waals surface area contributed by atoms with E-state index in [4.69, 9.17) is 15.9 Å². The zero-order valence-corrected chi connectivity index (χ0v) is 14.1. The van der Waals surface area contributed by atoms with E-state index in [9.17, 15) is 5.11 Å². The Balaban J connectivity index is 1.69. The van der Waals surface area contributed by atoms with Crippen LogP contribution >= 0.6 is 0 Å². The molecule has 6 N–H and O–H groups in total. The Kier molecular flexibility index (Phi) is 4.18. The van der Waals surface area contributed by atoms with Crippen LogP contribution in [0, 0.1) is 5.41 Å². The Labute approximate surface area is 149 Å². The Hall–Kier alpha value is -3.13. The van der Waals surface area contributed by atoms with E-state index in [0.29, 0.717) is 30.3 Å². The zero-order chi connectivity index (χ0) is 18.1. The van der Waals surface area contributed by atoms with Gasteiger partial charge in [-0.2, -0.15) is 0 Å². The number of aromatic nitrogens is 3. The lowest BCUT2D eigenvalue weighted by Crippen LogP contribution is -2.29. The molecule has 1 aliphatic heterocycles. The summed E-state index contributed by atoms with van der Waals surface area (Å²) < 4.78 is 5.39. The number of benzene rings is 1. The second-order valence-electron chi connectivity index (χ2n) is 6.34. The van der Waals surface area contributed by atoms with Gasteiger partial charge >= 0.3 is 0 Å². The van der Waals surface area contributed by atoms with Crippen LogP contribution in [0.3, 0.4) is 0 Å². The number of ether oxygens (including phenoxy) is 1. The fourth-order valence-corrected chi connectivity index (χ4v) is 3.18. The summed E-state index contributed by atoms with van der Waals surface area (Å²) in [7, 11) is 0. The van der Waals surface area contributed by atoms with E-state index in [1.807, 2.05) is 6.07 Å². The molecule has 134 valence electrons. The first-order valence-electron chi connectivity index (χ1n) is 8.47. The molecule has 2 aromatic heterocycles. The highest BCUT2D eigenvalue weighted by atomic mass is 16.5. The van der Waals surface area contributed by atoms with Crippen LogP contribution in [0.15, 0.2) is 30.6 Å². The molecule has 4 rings (SSSR count). The van der Waals surface area contributed by atoms with Gasteiger partial charge in [-0.3, -0.25) is 5.41 Å². The molecule has 1 aliphatic rings. The van der Waals surface area contributed by atoms with Crippen molar-refractivity contribution >= 4 is 28.3 Å². The van der Waals surface area contributed by atoms with Crippen molar-refractivity contribution in [1.29, 1.82) is 5.41 Å². The first-order valence-corrected chi connectivity index (χ1v) is 8.47. The molecule has 8 heteroatoms. The van der Waals surface area contributed by atoms with Gasteiger partial charge in [-0.15, -0.1) is 0 Å². The van der Waals surface area contributed by atoms with Crippen molar-refractivity contribution in [3.63, 3.8) is 0 Å². The number of aromatic amines is 1. The quantitative estimate of drug-likeness (QED) is 0.457. The topological polar surface area (TPSA) is 133 Å². The van der Waals surface area contributed by atoms with E-state index in [-0.39, 0.29) is 23.3 Å². The SMILES string of the molecule is N=C(c1cc2cc(O)ccc2[nH]1)c1c(N)ncnc1NC1CCOCC1. The third kappa shape index (κ3) is 3.06. The summed E-state index contributed by atoms with van der Waals surface area (Å²) in [6, 6.07) is 7.05. The highest BCUT2D eigenvalue weighted by Crippen LogP contribution is 2.26. The van der Waals surface area contributed by atoms with E-state index >= 15 is 0 Å². The number of nitrogens with zero attached hydrogens (tertiary/aromatic N) is 2. The van der Waals surface area contributed by atoms with Gasteiger partial charge in [-0.1, -0.05) is 0 Å². The molecule has 1 fully saturated rings. The Bertz CT molecular complexity index is 961. The van der Waals surface area contributed by atoms with Crippen LogP contribution in [0.2, 0.25) is 0 Å². The third-order valence-electron chi connectivity index (χ3n) is 4.56. The number of anilines is 2. The first-order chi connectivity index (χ1) is 12.6. The summed E-state index contributed by atoms with van der Waals surface area (Å²) in [4.78, 5) is 11.5. The maximum atomic E-state index is 9.64. The number of aromatic hydroxyl groups is 1. The Morgan fingerprint density at radius 3 is 2.88 bits per heavy atom. The molecule has 8 nitrogen and oxygen atoms in total. The minimum Gasteiger partial charge on any atom is -0.508 e. The maximum absolute atomic E-state index is 9.64. The molecule has 0 atom stereocenters. The number of nitrogens with one attached hydrogen (secondary N) is 3. The number of rotatable bonds is 4. The van der Waals surface area contributed by atoms with Gasteiger partial charge in [0.25, 0.3) is 0 Å². The Morgan fingerprint density at radius 1 is 1.27 bits per heavy atom. The largest absolute Gasteiger partial charge is 0.508 e. The summed E-state index contributed by atoms with van der Waals surface area (Å²) in [5.41, 5.74) is 8.16. The molecular formula is C18H20N6O2. The van der Waals surface area contributed by atoms with Crippen molar-refractivity contribution in [1.82, 2.24) is 15.0 Å². The zero-order valence-electron chi connectivity index (χ0n) is 14.1. The average molecular weight is 352 g/mol. The van der Waals surface area contributed by atoms with Crippen LogP contribution in [-0.2, 0) is 4.74 Å². The fourth-order valence-electron chi connectivity index (χ4n) is 3.18. The molecule has 0 unspecified atom stereocenters. The second-order valence-corrected chi connectivity index (χ2v) is 6.34. The van der Waals surface area contributed by atoms with Gasteiger partial charge in [-0.05, 0) is 37.1 Å². The molecule has 1 saturated heterocycles. The lowest BCUT2D eigenvalue weighted by atomic mass is 10.1. The lowest BCUT2D eigenvalue weighted by molar-refractivity contribution is 0.0904. The molecular weight excluding hydrogens is 332 g/mol. The molecule has 0 aliphatic carbocycles. The van der Waals surface area contributed by atoms with Crippen molar-refractivity contribution in [3.05, 3.63) is 41.9 Å². The van der Waals surface area contributed by atoms with Crippen LogP contribution in [-0.4, -0.2) is 45.0 Å². The molecule has 0 radical (unpaired) electrons. The molecule has 3 heterocycles. The van der Waals surface area contributed by atoms with Gasteiger partial charge in [0.15, 0.2) is 0 Å². The first kappa shape index (κ1) is 16.3. The molecule has 0 saturated carbocycles. The van der Waals surface area contributed by atoms with Crippen molar-refractivity contribution < 1.29 is 9.84 Å². The van der Waals surface area contributed by atoms with Crippen molar-refractivity contribution in [2.24, 2.45) is 0 Å².